The molecular formula is C13H26N2O. The number of hydrogen-bond acceptors (Lipinski definition) is 2. The molecule has 1 amide bonds. The fourth-order valence-electron chi connectivity index (χ4n) is 2.47. The largest absolute Gasteiger partial charge is 0.368 e. The summed E-state index contributed by atoms with van der Waals surface area (Å²) < 4.78 is 0. The molecule has 1 saturated carbocycles. The minimum absolute atomic E-state index is 0.137. The number of nitrogens with two attached hydrogens (primary N) is 1. The van der Waals surface area contributed by atoms with Gasteiger partial charge in [0, 0.05) is 0 Å². The van der Waals surface area contributed by atoms with Gasteiger partial charge in [-0.05, 0) is 37.6 Å². The molecule has 0 spiro atoms. The molecule has 0 aromatic heterocycles. The Morgan fingerprint density at radius 3 is 2.44 bits per heavy atom. The van der Waals surface area contributed by atoms with Crippen molar-refractivity contribution in [1.82, 2.24) is 5.32 Å². The van der Waals surface area contributed by atoms with E-state index in [0.717, 1.165) is 18.9 Å². The summed E-state index contributed by atoms with van der Waals surface area (Å²) in [6.07, 6.45) is 7.53. The Labute approximate surface area is 99.2 Å². The Balaban J connectivity index is 2.28. The Morgan fingerprint density at radius 2 is 1.94 bits per heavy atom. The third-order valence-corrected chi connectivity index (χ3v) is 3.43. The molecule has 0 saturated heterocycles. The fourth-order valence-corrected chi connectivity index (χ4v) is 2.47. The molecule has 0 bridgehead atoms. The lowest BCUT2D eigenvalue weighted by Gasteiger charge is -2.25. The zero-order valence-electron chi connectivity index (χ0n) is 10.7. The second kappa shape index (κ2) is 6.89. The maximum absolute atomic E-state index is 11.3. The van der Waals surface area contributed by atoms with Crippen molar-refractivity contribution in [3.8, 4) is 0 Å². The molecule has 0 unspecified atom stereocenters. The number of hydrogen-bond donors (Lipinski definition) is 2. The molecule has 3 N–H and O–H groups in total. The van der Waals surface area contributed by atoms with Crippen LogP contribution in [0, 0.1) is 11.8 Å². The fraction of sp³-hybridized carbons (Fsp3) is 0.923. The average molecular weight is 226 g/mol. The molecule has 1 aliphatic carbocycles. The second-order valence-corrected chi connectivity index (χ2v) is 5.50. The monoisotopic (exact) mass is 226 g/mol. The molecule has 0 aliphatic heterocycles. The highest BCUT2D eigenvalue weighted by Crippen LogP contribution is 2.23. The first kappa shape index (κ1) is 13.5. The summed E-state index contributed by atoms with van der Waals surface area (Å²) in [6, 6.07) is -0.137. The van der Waals surface area contributed by atoms with Crippen molar-refractivity contribution in [2.24, 2.45) is 17.6 Å². The molecule has 1 rings (SSSR count). The number of nitrogens with one attached hydrogen (secondary N) is 1. The number of primary amides is 1. The van der Waals surface area contributed by atoms with Gasteiger partial charge in [0.15, 0.2) is 0 Å². The second-order valence-electron chi connectivity index (χ2n) is 5.50. The van der Waals surface area contributed by atoms with E-state index in [4.69, 9.17) is 5.73 Å². The van der Waals surface area contributed by atoms with Crippen LogP contribution in [0.25, 0.3) is 0 Å². The highest BCUT2D eigenvalue weighted by molar-refractivity contribution is 5.79. The summed E-state index contributed by atoms with van der Waals surface area (Å²) in [5.74, 6) is 1.06. The predicted molar refractivity (Wildman–Crippen MR) is 67.0 cm³/mol. The van der Waals surface area contributed by atoms with Crippen molar-refractivity contribution in [3.63, 3.8) is 0 Å². The SMILES string of the molecule is CC(C)C[C@H](NCC1CCCCC1)C(N)=O. The first-order chi connectivity index (χ1) is 7.59. The van der Waals surface area contributed by atoms with Gasteiger partial charge in [0.05, 0.1) is 6.04 Å². The van der Waals surface area contributed by atoms with Crippen molar-refractivity contribution in [2.75, 3.05) is 6.54 Å². The van der Waals surface area contributed by atoms with Gasteiger partial charge in [0.25, 0.3) is 0 Å². The van der Waals surface area contributed by atoms with Gasteiger partial charge >= 0.3 is 0 Å². The van der Waals surface area contributed by atoms with E-state index in [9.17, 15) is 4.79 Å². The van der Waals surface area contributed by atoms with E-state index in [1.165, 1.54) is 32.1 Å². The van der Waals surface area contributed by atoms with Crippen LogP contribution in [0.15, 0.2) is 0 Å². The molecule has 16 heavy (non-hydrogen) atoms. The van der Waals surface area contributed by atoms with Crippen molar-refractivity contribution < 1.29 is 4.79 Å². The number of rotatable bonds is 6. The van der Waals surface area contributed by atoms with E-state index in [0.29, 0.717) is 5.92 Å². The maximum Gasteiger partial charge on any atom is 0.234 e. The molecule has 1 atom stereocenters. The molecule has 3 heteroatoms. The van der Waals surface area contributed by atoms with E-state index < -0.39 is 0 Å². The minimum atomic E-state index is -0.204. The summed E-state index contributed by atoms with van der Waals surface area (Å²) in [5.41, 5.74) is 5.40. The number of amides is 1. The molecule has 3 nitrogen and oxygen atoms in total. The Morgan fingerprint density at radius 1 is 1.31 bits per heavy atom. The third-order valence-electron chi connectivity index (χ3n) is 3.43. The van der Waals surface area contributed by atoms with Gasteiger partial charge in [0.2, 0.25) is 5.91 Å². The van der Waals surface area contributed by atoms with Crippen LogP contribution in [0.4, 0.5) is 0 Å². The van der Waals surface area contributed by atoms with E-state index in [2.05, 4.69) is 19.2 Å². The van der Waals surface area contributed by atoms with Gasteiger partial charge in [-0.15, -0.1) is 0 Å². The first-order valence-electron chi connectivity index (χ1n) is 6.62. The summed E-state index contributed by atoms with van der Waals surface area (Å²) in [7, 11) is 0. The van der Waals surface area contributed by atoms with Gasteiger partial charge in [-0.25, -0.2) is 0 Å². The number of carbonyl (C=O) groups is 1. The average Bonchev–Trinajstić information content (AvgIpc) is 2.25. The topological polar surface area (TPSA) is 55.1 Å². The van der Waals surface area contributed by atoms with Gasteiger partial charge in [-0.3, -0.25) is 4.79 Å². The van der Waals surface area contributed by atoms with Gasteiger partial charge in [-0.2, -0.15) is 0 Å². The molecule has 94 valence electrons. The summed E-state index contributed by atoms with van der Waals surface area (Å²) in [6.45, 7) is 5.21. The Kier molecular flexibility index (Phi) is 5.81. The van der Waals surface area contributed by atoms with Crippen LogP contribution in [0.1, 0.15) is 52.4 Å². The Hall–Kier alpha value is -0.570. The van der Waals surface area contributed by atoms with Crippen LogP contribution in [0.5, 0.6) is 0 Å². The minimum Gasteiger partial charge on any atom is -0.368 e. The molecular weight excluding hydrogens is 200 g/mol. The first-order valence-corrected chi connectivity index (χ1v) is 6.62. The van der Waals surface area contributed by atoms with Gasteiger partial charge < -0.3 is 11.1 Å². The van der Waals surface area contributed by atoms with Crippen molar-refractivity contribution in [3.05, 3.63) is 0 Å². The molecule has 0 aromatic rings. The van der Waals surface area contributed by atoms with Crippen LogP contribution >= 0.6 is 0 Å². The molecule has 0 heterocycles. The van der Waals surface area contributed by atoms with E-state index in [1.807, 2.05) is 0 Å². The molecule has 0 aromatic carbocycles. The summed E-state index contributed by atoms with van der Waals surface area (Å²) in [4.78, 5) is 11.3. The lowest BCUT2D eigenvalue weighted by atomic mass is 9.89. The zero-order valence-corrected chi connectivity index (χ0v) is 10.7. The lowest BCUT2D eigenvalue weighted by molar-refractivity contribution is -0.120. The van der Waals surface area contributed by atoms with E-state index in [1.54, 1.807) is 0 Å². The lowest BCUT2D eigenvalue weighted by Crippen LogP contribution is -2.44. The Bertz CT molecular complexity index is 210. The van der Waals surface area contributed by atoms with Crippen molar-refractivity contribution in [1.29, 1.82) is 0 Å². The molecule has 1 aliphatic rings. The van der Waals surface area contributed by atoms with Crippen molar-refractivity contribution in [2.45, 2.75) is 58.4 Å². The standard InChI is InChI=1S/C13H26N2O/c1-10(2)8-12(13(14)16)15-9-11-6-4-3-5-7-11/h10-12,15H,3-9H2,1-2H3,(H2,14,16)/t12-/m0/s1. The molecule has 0 radical (unpaired) electrons. The van der Waals surface area contributed by atoms with E-state index in [-0.39, 0.29) is 11.9 Å². The van der Waals surface area contributed by atoms with E-state index >= 15 is 0 Å². The van der Waals surface area contributed by atoms with Crippen LogP contribution in [-0.2, 0) is 4.79 Å². The van der Waals surface area contributed by atoms with Gasteiger partial charge in [0.1, 0.15) is 0 Å². The highest BCUT2D eigenvalue weighted by Gasteiger charge is 2.19. The predicted octanol–water partition coefficient (Wildman–Crippen LogP) is 2.06. The maximum atomic E-state index is 11.3. The highest BCUT2D eigenvalue weighted by atomic mass is 16.1. The van der Waals surface area contributed by atoms with Crippen LogP contribution < -0.4 is 11.1 Å². The quantitative estimate of drug-likeness (QED) is 0.728. The smallest absolute Gasteiger partial charge is 0.234 e. The van der Waals surface area contributed by atoms with Crippen LogP contribution in [0.2, 0.25) is 0 Å². The zero-order chi connectivity index (χ0) is 12.0. The number of carbonyl (C=O) groups excluding carboxylic acids is 1. The van der Waals surface area contributed by atoms with Crippen LogP contribution in [0.3, 0.4) is 0 Å². The molecule has 1 fully saturated rings. The summed E-state index contributed by atoms with van der Waals surface area (Å²) >= 11 is 0. The normalized spacial score (nSPS) is 19.9. The van der Waals surface area contributed by atoms with Crippen molar-refractivity contribution >= 4 is 5.91 Å². The summed E-state index contributed by atoms with van der Waals surface area (Å²) in [5, 5.41) is 3.35. The van der Waals surface area contributed by atoms with Gasteiger partial charge in [-0.1, -0.05) is 33.1 Å². The van der Waals surface area contributed by atoms with Crippen LogP contribution in [-0.4, -0.2) is 18.5 Å². The third kappa shape index (κ3) is 4.97.